The maximum Gasteiger partial charge on any atom is 0.225 e. The Labute approximate surface area is 145 Å². The number of amides is 1. The van der Waals surface area contributed by atoms with Crippen molar-refractivity contribution in [2.24, 2.45) is 0 Å². The Balaban J connectivity index is 1.50. The van der Waals surface area contributed by atoms with E-state index in [1.807, 2.05) is 47.4 Å². The van der Waals surface area contributed by atoms with Gasteiger partial charge < -0.3 is 14.4 Å². The minimum atomic E-state index is -0.633. The highest BCUT2D eigenvalue weighted by Gasteiger charge is 2.54. The molecule has 2 fully saturated rings. The van der Waals surface area contributed by atoms with Crippen molar-refractivity contribution in [3.05, 3.63) is 65.2 Å². The van der Waals surface area contributed by atoms with Gasteiger partial charge in [0.1, 0.15) is 18.5 Å². The van der Waals surface area contributed by atoms with E-state index in [0.29, 0.717) is 31.0 Å². The van der Waals surface area contributed by atoms with Crippen LogP contribution in [0, 0.1) is 0 Å². The van der Waals surface area contributed by atoms with E-state index in [1.165, 1.54) is 0 Å². The van der Waals surface area contributed by atoms with E-state index in [1.54, 1.807) is 12.1 Å². The Morgan fingerprint density at radius 3 is 2.67 bits per heavy atom. The molecule has 2 heterocycles. The normalized spacial score (nSPS) is 25.8. The van der Waals surface area contributed by atoms with Gasteiger partial charge in [0.2, 0.25) is 5.91 Å². The Morgan fingerprint density at radius 1 is 1.17 bits per heavy atom. The van der Waals surface area contributed by atoms with Crippen LogP contribution in [0.15, 0.2) is 54.6 Å². The number of nitrogens with zero attached hydrogens (tertiary/aromatic N) is 1. The average Bonchev–Trinajstić information content (AvgIpc) is 3.13. The monoisotopic (exact) mass is 343 g/mol. The third-order valence-corrected chi connectivity index (χ3v) is 4.89. The summed E-state index contributed by atoms with van der Waals surface area (Å²) in [5.74, 6) is 0.892. The minimum absolute atomic E-state index is 0.146. The predicted octanol–water partition coefficient (Wildman–Crippen LogP) is 3.59. The molecule has 0 spiro atoms. The van der Waals surface area contributed by atoms with Crippen molar-refractivity contribution in [2.45, 2.75) is 24.7 Å². The van der Waals surface area contributed by atoms with Gasteiger partial charge in [0.15, 0.2) is 5.72 Å². The van der Waals surface area contributed by atoms with Crippen molar-refractivity contribution in [2.75, 3.05) is 13.2 Å². The van der Waals surface area contributed by atoms with E-state index < -0.39 is 5.72 Å². The van der Waals surface area contributed by atoms with Gasteiger partial charge in [-0.15, -0.1) is 0 Å². The lowest BCUT2D eigenvalue weighted by Gasteiger charge is -2.31. The van der Waals surface area contributed by atoms with Crippen LogP contribution in [-0.4, -0.2) is 30.1 Å². The first kappa shape index (κ1) is 15.5. The molecule has 0 unspecified atom stereocenters. The number of ether oxygens (including phenoxy) is 2. The number of rotatable bonds is 4. The van der Waals surface area contributed by atoms with Crippen LogP contribution in [0.3, 0.4) is 0 Å². The lowest BCUT2D eigenvalue weighted by atomic mass is 10.0. The van der Waals surface area contributed by atoms with Crippen LogP contribution in [0.5, 0.6) is 5.75 Å². The van der Waals surface area contributed by atoms with Crippen LogP contribution in [0.25, 0.3) is 0 Å². The third-order valence-electron chi connectivity index (χ3n) is 4.64. The van der Waals surface area contributed by atoms with E-state index in [-0.39, 0.29) is 12.0 Å². The topological polar surface area (TPSA) is 38.8 Å². The Morgan fingerprint density at radius 2 is 1.92 bits per heavy atom. The van der Waals surface area contributed by atoms with Crippen molar-refractivity contribution >= 4 is 17.5 Å². The molecule has 2 aromatic rings. The van der Waals surface area contributed by atoms with Crippen molar-refractivity contribution in [3.63, 3.8) is 0 Å². The largest absolute Gasteiger partial charge is 0.491 e. The van der Waals surface area contributed by atoms with Crippen LogP contribution in [0.1, 0.15) is 18.4 Å². The van der Waals surface area contributed by atoms with E-state index in [9.17, 15) is 4.79 Å². The molecule has 2 saturated heterocycles. The smallest absolute Gasteiger partial charge is 0.225 e. The van der Waals surface area contributed by atoms with Gasteiger partial charge >= 0.3 is 0 Å². The molecule has 0 bridgehead atoms. The van der Waals surface area contributed by atoms with Gasteiger partial charge in [-0.1, -0.05) is 41.9 Å². The van der Waals surface area contributed by atoms with E-state index >= 15 is 0 Å². The fraction of sp³-hybridized carbons (Fsp3) is 0.316. The molecule has 124 valence electrons. The first-order valence-corrected chi connectivity index (χ1v) is 8.47. The quantitative estimate of drug-likeness (QED) is 0.851. The molecule has 5 heteroatoms. The molecule has 4 nitrogen and oxygen atoms in total. The van der Waals surface area contributed by atoms with Gasteiger partial charge in [0.25, 0.3) is 0 Å². The Hall–Kier alpha value is -2.04. The lowest BCUT2D eigenvalue weighted by molar-refractivity contribution is -0.140. The van der Waals surface area contributed by atoms with Crippen molar-refractivity contribution < 1.29 is 14.3 Å². The van der Waals surface area contributed by atoms with Crippen LogP contribution in [0.4, 0.5) is 0 Å². The minimum Gasteiger partial charge on any atom is -0.491 e. The average molecular weight is 344 g/mol. The molecular formula is C19H18ClNO3. The summed E-state index contributed by atoms with van der Waals surface area (Å²) >= 11 is 5.88. The summed E-state index contributed by atoms with van der Waals surface area (Å²) in [5.41, 5.74) is 0.400. The first-order valence-electron chi connectivity index (χ1n) is 8.09. The maximum absolute atomic E-state index is 12.3. The summed E-state index contributed by atoms with van der Waals surface area (Å²) in [6.45, 7) is 0.960. The van der Waals surface area contributed by atoms with Crippen molar-refractivity contribution in [3.8, 4) is 5.75 Å². The third kappa shape index (κ3) is 2.66. The number of hydrogen-bond donors (Lipinski definition) is 0. The summed E-state index contributed by atoms with van der Waals surface area (Å²) in [6, 6.07) is 17.2. The summed E-state index contributed by atoms with van der Waals surface area (Å²) in [6.07, 6.45) is 1.07. The number of benzene rings is 2. The zero-order valence-corrected chi connectivity index (χ0v) is 13.9. The van der Waals surface area contributed by atoms with Gasteiger partial charge in [0, 0.05) is 23.4 Å². The van der Waals surface area contributed by atoms with Crippen molar-refractivity contribution in [1.82, 2.24) is 4.90 Å². The predicted molar refractivity (Wildman–Crippen MR) is 90.9 cm³/mol. The standard InChI is InChI=1S/C19H18ClNO3/c20-15-6-8-16(9-7-15)23-13-17-12-21-18(22)10-11-19(21,24-17)14-4-2-1-3-5-14/h1-9,17H,10-13H2/t17-,19+/m0/s1. The fourth-order valence-electron chi connectivity index (χ4n) is 3.51. The van der Waals surface area contributed by atoms with Crippen LogP contribution in [0.2, 0.25) is 5.02 Å². The van der Waals surface area contributed by atoms with E-state index in [0.717, 1.165) is 11.3 Å². The molecule has 0 aliphatic carbocycles. The number of halogens is 1. The second kappa shape index (κ2) is 6.11. The SMILES string of the molecule is O=C1CC[C@]2(c3ccccc3)O[C@H](COc3ccc(Cl)cc3)CN12. The van der Waals surface area contributed by atoms with Crippen LogP contribution < -0.4 is 4.74 Å². The highest BCUT2D eigenvalue weighted by Crippen LogP contribution is 2.45. The number of hydrogen-bond acceptors (Lipinski definition) is 3. The van der Waals surface area contributed by atoms with Gasteiger partial charge in [-0.05, 0) is 24.3 Å². The van der Waals surface area contributed by atoms with Gasteiger partial charge in [-0.25, -0.2) is 0 Å². The highest BCUT2D eigenvalue weighted by atomic mass is 35.5. The molecule has 2 aromatic carbocycles. The zero-order valence-electron chi connectivity index (χ0n) is 13.2. The first-order chi connectivity index (χ1) is 11.7. The number of carbonyl (C=O) groups is 1. The maximum atomic E-state index is 12.3. The van der Waals surface area contributed by atoms with Gasteiger partial charge in [-0.2, -0.15) is 0 Å². The fourth-order valence-corrected chi connectivity index (χ4v) is 3.64. The molecule has 2 atom stereocenters. The molecule has 0 aromatic heterocycles. The zero-order chi connectivity index (χ0) is 16.6. The summed E-state index contributed by atoms with van der Waals surface area (Å²) in [5, 5.41) is 0.675. The van der Waals surface area contributed by atoms with Gasteiger partial charge in [0.05, 0.1) is 6.54 Å². The number of carbonyl (C=O) groups excluding carboxylic acids is 1. The molecule has 0 radical (unpaired) electrons. The Bertz CT molecular complexity index is 734. The summed E-state index contributed by atoms with van der Waals surface area (Å²) in [4.78, 5) is 14.1. The van der Waals surface area contributed by atoms with E-state index in [4.69, 9.17) is 21.1 Å². The second-order valence-corrected chi connectivity index (χ2v) is 6.60. The molecule has 24 heavy (non-hydrogen) atoms. The number of fused-ring (bicyclic) bond motifs is 1. The summed E-state index contributed by atoms with van der Waals surface area (Å²) in [7, 11) is 0. The van der Waals surface area contributed by atoms with E-state index in [2.05, 4.69) is 0 Å². The lowest BCUT2D eigenvalue weighted by Crippen LogP contribution is -2.38. The van der Waals surface area contributed by atoms with Crippen LogP contribution in [-0.2, 0) is 15.3 Å². The molecule has 1 amide bonds. The molecular weight excluding hydrogens is 326 g/mol. The molecule has 0 N–H and O–H groups in total. The highest BCUT2D eigenvalue weighted by molar-refractivity contribution is 6.30. The van der Waals surface area contributed by atoms with Crippen molar-refractivity contribution in [1.29, 1.82) is 0 Å². The van der Waals surface area contributed by atoms with Crippen LogP contribution >= 0.6 is 11.6 Å². The Kier molecular flexibility index (Phi) is 3.94. The van der Waals surface area contributed by atoms with Gasteiger partial charge in [-0.3, -0.25) is 4.79 Å². The molecule has 4 rings (SSSR count). The summed E-state index contributed by atoms with van der Waals surface area (Å²) < 4.78 is 12.1. The molecule has 2 aliphatic rings. The molecule has 2 aliphatic heterocycles. The molecule has 0 saturated carbocycles. The second-order valence-electron chi connectivity index (χ2n) is 6.16.